The summed E-state index contributed by atoms with van der Waals surface area (Å²) in [6.45, 7) is -0.450. The van der Waals surface area contributed by atoms with Gasteiger partial charge >= 0.3 is 5.97 Å². The van der Waals surface area contributed by atoms with E-state index in [2.05, 4.69) is 5.32 Å². The third-order valence-corrected chi connectivity index (χ3v) is 5.21. The summed E-state index contributed by atoms with van der Waals surface area (Å²) >= 11 is 1.22. The number of aryl methyl sites for hydroxylation is 2. The molecule has 1 aliphatic carbocycles. The summed E-state index contributed by atoms with van der Waals surface area (Å²) in [5.74, 6) is -1.23. The molecule has 0 aliphatic heterocycles. The molecule has 1 heterocycles. The first kappa shape index (κ1) is 18.8. The van der Waals surface area contributed by atoms with E-state index in [0.29, 0.717) is 16.1 Å². The molecule has 1 amide bonds. The van der Waals surface area contributed by atoms with Crippen LogP contribution in [0.4, 0.5) is 5.00 Å². The van der Waals surface area contributed by atoms with Gasteiger partial charge in [0.25, 0.3) is 5.91 Å². The molecule has 138 valence electrons. The standard InChI is InChI=1S/C20H18N2O4S/c21-11-16-8-9-27-20(16)22-18(24)12-26-19(25)7-6-17(23)15-5-4-13-2-1-3-14(13)10-15/h4-5,8-10H,1-3,6-7,12H2,(H,22,24). The lowest BCUT2D eigenvalue weighted by molar-refractivity contribution is -0.147. The maximum Gasteiger partial charge on any atom is 0.306 e. The Bertz CT molecular complexity index is 926. The summed E-state index contributed by atoms with van der Waals surface area (Å²) in [5, 5.41) is 13.5. The van der Waals surface area contributed by atoms with Crippen molar-refractivity contribution in [1.29, 1.82) is 5.26 Å². The van der Waals surface area contributed by atoms with Gasteiger partial charge in [-0.2, -0.15) is 5.26 Å². The van der Waals surface area contributed by atoms with Crippen LogP contribution < -0.4 is 5.32 Å². The third-order valence-electron chi connectivity index (χ3n) is 4.38. The number of thiophene rings is 1. The highest BCUT2D eigenvalue weighted by Crippen LogP contribution is 2.24. The number of benzene rings is 1. The zero-order valence-corrected chi connectivity index (χ0v) is 15.4. The van der Waals surface area contributed by atoms with Crippen LogP contribution in [0.5, 0.6) is 0 Å². The van der Waals surface area contributed by atoms with Crippen LogP contribution in [-0.2, 0) is 27.2 Å². The van der Waals surface area contributed by atoms with Gasteiger partial charge in [0, 0.05) is 12.0 Å². The molecule has 0 fully saturated rings. The number of carbonyl (C=O) groups excluding carboxylic acids is 3. The van der Waals surface area contributed by atoms with Crippen molar-refractivity contribution >= 4 is 34.0 Å². The first-order valence-electron chi connectivity index (χ1n) is 8.65. The molecule has 7 heteroatoms. The lowest BCUT2D eigenvalue weighted by Crippen LogP contribution is -2.21. The van der Waals surface area contributed by atoms with Crippen LogP contribution in [0.3, 0.4) is 0 Å². The zero-order chi connectivity index (χ0) is 19.2. The van der Waals surface area contributed by atoms with Crippen LogP contribution in [0.2, 0.25) is 0 Å². The second kappa shape index (κ2) is 8.60. The minimum Gasteiger partial charge on any atom is -0.456 e. The maximum absolute atomic E-state index is 12.3. The quantitative estimate of drug-likeness (QED) is 0.586. The van der Waals surface area contributed by atoms with Crippen molar-refractivity contribution in [3.05, 3.63) is 51.9 Å². The largest absolute Gasteiger partial charge is 0.456 e. The van der Waals surface area contributed by atoms with Crippen LogP contribution in [0.1, 0.15) is 46.3 Å². The van der Waals surface area contributed by atoms with Gasteiger partial charge in [-0.05, 0) is 47.9 Å². The summed E-state index contributed by atoms with van der Waals surface area (Å²) in [4.78, 5) is 35.8. The average molecular weight is 382 g/mol. The second-order valence-electron chi connectivity index (χ2n) is 6.24. The van der Waals surface area contributed by atoms with Crippen molar-refractivity contribution in [2.45, 2.75) is 32.1 Å². The number of hydrogen-bond acceptors (Lipinski definition) is 6. The predicted octanol–water partition coefficient (Wildman–Crippen LogP) is 3.25. The van der Waals surface area contributed by atoms with Crippen molar-refractivity contribution in [2.24, 2.45) is 0 Å². The highest BCUT2D eigenvalue weighted by molar-refractivity contribution is 7.14. The molecule has 1 N–H and O–H groups in total. The Hall–Kier alpha value is -2.98. The number of nitrogens with one attached hydrogen (secondary N) is 1. The van der Waals surface area contributed by atoms with Gasteiger partial charge in [0.1, 0.15) is 11.1 Å². The van der Waals surface area contributed by atoms with Crippen LogP contribution >= 0.6 is 11.3 Å². The van der Waals surface area contributed by atoms with E-state index >= 15 is 0 Å². The second-order valence-corrected chi connectivity index (χ2v) is 7.16. The molecule has 1 aromatic carbocycles. The van der Waals surface area contributed by atoms with Gasteiger partial charge in [-0.1, -0.05) is 12.1 Å². The van der Waals surface area contributed by atoms with E-state index in [1.165, 1.54) is 22.5 Å². The Labute approximate surface area is 160 Å². The van der Waals surface area contributed by atoms with Gasteiger partial charge in [0.15, 0.2) is 12.4 Å². The van der Waals surface area contributed by atoms with E-state index in [-0.39, 0.29) is 18.6 Å². The Morgan fingerprint density at radius 1 is 1.15 bits per heavy atom. The third kappa shape index (κ3) is 4.80. The molecule has 0 spiro atoms. The van der Waals surface area contributed by atoms with E-state index in [9.17, 15) is 14.4 Å². The number of fused-ring (bicyclic) bond motifs is 1. The zero-order valence-electron chi connectivity index (χ0n) is 14.6. The van der Waals surface area contributed by atoms with Crippen molar-refractivity contribution < 1.29 is 19.1 Å². The van der Waals surface area contributed by atoms with Gasteiger partial charge in [-0.25, -0.2) is 0 Å². The fourth-order valence-corrected chi connectivity index (χ4v) is 3.73. The number of esters is 1. The van der Waals surface area contributed by atoms with Gasteiger partial charge in [-0.3, -0.25) is 14.4 Å². The number of amides is 1. The van der Waals surface area contributed by atoms with E-state index in [1.807, 2.05) is 18.2 Å². The molecule has 1 aromatic heterocycles. The Morgan fingerprint density at radius 2 is 1.96 bits per heavy atom. The highest BCUT2D eigenvalue weighted by atomic mass is 32.1. The number of ketones is 1. The SMILES string of the molecule is N#Cc1ccsc1NC(=O)COC(=O)CCC(=O)c1ccc2c(c1)CCC2. The molecular formula is C20H18N2O4S. The first-order chi connectivity index (χ1) is 13.1. The van der Waals surface area contributed by atoms with Gasteiger partial charge in [-0.15, -0.1) is 11.3 Å². The lowest BCUT2D eigenvalue weighted by Gasteiger charge is -2.06. The van der Waals surface area contributed by atoms with Gasteiger partial charge < -0.3 is 10.1 Å². The van der Waals surface area contributed by atoms with Crippen molar-refractivity contribution in [3.8, 4) is 6.07 Å². The van der Waals surface area contributed by atoms with Crippen LogP contribution in [-0.4, -0.2) is 24.3 Å². The molecule has 2 aromatic rings. The van der Waals surface area contributed by atoms with Crippen molar-refractivity contribution in [3.63, 3.8) is 0 Å². The van der Waals surface area contributed by atoms with E-state index in [0.717, 1.165) is 19.3 Å². The summed E-state index contributed by atoms with van der Waals surface area (Å²) in [6, 6.07) is 9.26. The van der Waals surface area contributed by atoms with Crippen LogP contribution in [0.25, 0.3) is 0 Å². The highest BCUT2D eigenvalue weighted by Gasteiger charge is 2.16. The Kier molecular flexibility index (Phi) is 5.99. The summed E-state index contributed by atoms with van der Waals surface area (Å²) in [5.41, 5.74) is 3.48. The number of Topliss-reactive ketones (excluding diaryl/α,β-unsaturated/α-hetero) is 1. The molecule has 0 saturated carbocycles. The number of ether oxygens (including phenoxy) is 1. The smallest absolute Gasteiger partial charge is 0.306 e. The fraction of sp³-hybridized carbons (Fsp3) is 0.300. The Balaban J connectivity index is 1.42. The number of nitriles is 1. The topological polar surface area (TPSA) is 96.3 Å². The maximum atomic E-state index is 12.3. The molecule has 6 nitrogen and oxygen atoms in total. The molecule has 0 saturated heterocycles. The van der Waals surface area contributed by atoms with E-state index in [1.54, 1.807) is 17.5 Å². The van der Waals surface area contributed by atoms with E-state index < -0.39 is 18.5 Å². The monoisotopic (exact) mass is 382 g/mol. The van der Waals surface area contributed by atoms with Crippen molar-refractivity contribution in [1.82, 2.24) is 0 Å². The fourth-order valence-electron chi connectivity index (χ4n) is 2.98. The number of carbonyl (C=O) groups is 3. The molecular weight excluding hydrogens is 364 g/mol. The normalized spacial score (nSPS) is 12.1. The molecule has 27 heavy (non-hydrogen) atoms. The molecule has 0 atom stereocenters. The number of anilines is 1. The summed E-state index contributed by atoms with van der Waals surface area (Å²) < 4.78 is 4.90. The Morgan fingerprint density at radius 3 is 2.78 bits per heavy atom. The summed E-state index contributed by atoms with van der Waals surface area (Å²) in [7, 11) is 0. The molecule has 3 rings (SSSR count). The predicted molar refractivity (Wildman–Crippen MR) is 101 cm³/mol. The molecule has 0 bridgehead atoms. The molecule has 0 unspecified atom stereocenters. The van der Waals surface area contributed by atoms with Gasteiger partial charge in [0.05, 0.1) is 12.0 Å². The average Bonchev–Trinajstić information content (AvgIpc) is 3.32. The molecule has 0 radical (unpaired) electrons. The number of nitrogens with zero attached hydrogens (tertiary/aromatic N) is 1. The number of rotatable bonds is 7. The number of hydrogen-bond donors (Lipinski definition) is 1. The van der Waals surface area contributed by atoms with Crippen LogP contribution in [0.15, 0.2) is 29.6 Å². The minimum atomic E-state index is -0.605. The lowest BCUT2D eigenvalue weighted by atomic mass is 10.0. The van der Waals surface area contributed by atoms with Crippen LogP contribution in [0, 0.1) is 11.3 Å². The van der Waals surface area contributed by atoms with Crippen molar-refractivity contribution in [2.75, 3.05) is 11.9 Å². The first-order valence-corrected chi connectivity index (χ1v) is 9.53. The molecule has 1 aliphatic rings. The minimum absolute atomic E-state index is 0.0444. The van der Waals surface area contributed by atoms with E-state index in [4.69, 9.17) is 10.00 Å². The van der Waals surface area contributed by atoms with Gasteiger partial charge in [0.2, 0.25) is 0 Å². The summed E-state index contributed by atoms with van der Waals surface area (Å²) in [6.07, 6.45) is 3.13.